The number of nitrogens with zero attached hydrogens (tertiary/aromatic N) is 5. The molecule has 1 saturated heterocycles. The molecule has 0 radical (unpaired) electrons. The Morgan fingerprint density at radius 2 is 1.82 bits per heavy atom. The van der Waals surface area contributed by atoms with E-state index in [0.717, 1.165) is 17.0 Å². The summed E-state index contributed by atoms with van der Waals surface area (Å²) < 4.78 is 0. The number of benzene rings is 1. The molecule has 0 aromatic heterocycles. The number of amides is 3. The molecule has 3 rings (SSSR count). The van der Waals surface area contributed by atoms with Crippen LogP contribution >= 0.6 is 0 Å². The fraction of sp³-hybridized carbons (Fsp3) is 0.500. The van der Waals surface area contributed by atoms with Crippen molar-refractivity contribution < 1.29 is 24.2 Å². The summed E-state index contributed by atoms with van der Waals surface area (Å²) in [6.07, 6.45) is 0.943. The number of anilines is 1. The Bertz CT molecular complexity index is 1040. The van der Waals surface area contributed by atoms with Crippen LogP contribution in [0, 0.1) is 32.1 Å². The highest BCUT2D eigenvalue weighted by atomic mass is 16.6. The SMILES string of the molecule is CCN(CC)C(=O)CN1C(=O)[C@@H]2CC/C(=N\Nc3ccc([N+](=O)[O-])cc3[N+](=O)[O-])C[C@H]2C1=O. The maximum absolute atomic E-state index is 12.9. The Kier molecular flexibility index (Phi) is 6.99. The van der Waals surface area contributed by atoms with Crippen LogP contribution in [0.4, 0.5) is 17.1 Å². The molecular formula is C20H24N6O7. The molecule has 0 unspecified atom stereocenters. The number of hydrazone groups is 1. The second kappa shape index (κ2) is 9.71. The van der Waals surface area contributed by atoms with E-state index >= 15 is 0 Å². The summed E-state index contributed by atoms with van der Waals surface area (Å²) in [5.41, 5.74) is 2.15. The van der Waals surface area contributed by atoms with Crippen LogP contribution in [0.15, 0.2) is 23.3 Å². The maximum atomic E-state index is 12.9. The lowest BCUT2D eigenvalue weighted by Crippen LogP contribution is -2.43. The van der Waals surface area contributed by atoms with E-state index in [-0.39, 0.29) is 30.5 Å². The minimum Gasteiger partial charge on any atom is -0.342 e. The van der Waals surface area contributed by atoms with Crippen molar-refractivity contribution in [2.24, 2.45) is 16.9 Å². The first kappa shape index (κ1) is 23.8. The predicted molar refractivity (Wildman–Crippen MR) is 116 cm³/mol. The Balaban J connectivity index is 1.72. The minimum atomic E-state index is -0.754. The summed E-state index contributed by atoms with van der Waals surface area (Å²) in [5, 5.41) is 26.3. The van der Waals surface area contributed by atoms with Crippen LogP contribution in [0.3, 0.4) is 0 Å². The van der Waals surface area contributed by atoms with Crippen LogP contribution in [0.25, 0.3) is 0 Å². The first-order valence-electron chi connectivity index (χ1n) is 10.5. The van der Waals surface area contributed by atoms with Gasteiger partial charge >= 0.3 is 5.69 Å². The average molecular weight is 460 g/mol. The molecule has 0 bridgehead atoms. The number of rotatable bonds is 8. The normalized spacial score (nSPS) is 21.2. The third-order valence-corrected chi connectivity index (χ3v) is 5.98. The van der Waals surface area contributed by atoms with Gasteiger partial charge in [-0.2, -0.15) is 5.10 Å². The molecule has 1 aromatic rings. The molecule has 13 heteroatoms. The molecule has 3 amide bonds. The largest absolute Gasteiger partial charge is 0.342 e. The second-order valence-electron chi connectivity index (χ2n) is 7.79. The van der Waals surface area contributed by atoms with Gasteiger partial charge in [-0.05, 0) is 39.2 Å². The molecule has 1 aromatic carbocycles. The van der Waals surface area contributed by atoms with E-state index in [1.165, 1.54) is 6.07 Å². The maximum Gasteiger partial charge on any atom is 0.301 e. The third kappa shape index (κ3) is 4.81. The van der Waals surface area contributed by atoms with Crippen molar-refractivity contribution in [3.63, 3.8) is 0 Å². The molecule has 2 aliphatic rings. The number of likely N-dealkylation sites (N-methyl/N-ethyl adjacent to an activating group) is 1. The Hall–Kier alpha value is -3.90. The van der Waals surface area contributed by atoms with Gasteiger partial charge in [0.05, 0.1) is 27.7 Å². The molecule has 1 N–H and O–H groups in total. The number of carbonyl (C=O) groups excluding carboxylic acids is 3. The lowest BCUT2D eigenvalue weighted by atomic mass is 9.80. The number of non-ortho nitro benzene ring substituents is 1. The van der Waals surface area contributed by atoms with Crippen molar-refractivity contribution in [1.29, 1.82) is 0 Å². The van der Waals surface area contributed by atoms with Crippen molar-refractivity contribution in [2.45, 2.75) is 33.1 Å². The number of hydrogen-bond donors (Lipinski definition) is 1. The molecule has 176 valence electrons. The summed E-state index contributed by atoms with van der Waals surface area (Å²) in [7, 11) is 0. The van der Waals surface area contributed by atoms with Crippen LogP contribution < -0.4 is 5.43 Å². The summed E-state index contributed by atoms with van der Waals surface area (Å²) in [6.45, 7) is 4.32. The van der Waals surface area contributed by atoms with Gasteiger partial charge in [0.25, 0.3) is 5.69 Å². The van der Waals surface area contributed by atoms with Gasteiger partial charge in [0.15, 0.2) is 0 Å². The number of imide groups is 1. The highest BCUT2D eigenvalue weighted by Crippen LogP contribution is 2.37. The number of nitro groups is 2. The van der Waals surface area contributed by atoms with E-state index < -0.39 is 39.0 Å². The number of fused-ring (bicyclic) bond motifs is 1. The highest BCUT2D eigenvalue weighted by Gasteiger charge is 2.50. The standard InChI is InChI=1S/C20H24N6O7/c1-3-23(4-2)18(27)11-24-19(28)14-7-5-12(9-15(14)20(24)29)21-22-16-8-6-13(25(30)31)10-17(16)26(32)33/h6,8,10,14-15,22H,3-5,7,9,11H2,1-2H3/b21-12+/t14-,15-/m1/s1. The Morgan fingerprint density at radius 3 is 2.42 bits per heavy atom. The molecule has 1 aliphatic carbocycles. The zero-order valence-corrected chi connectivity index (χ0v) is 18.2. The van der Waals surface area contributed by atoms with Gasteiger partial charge in [0, 0.05) is 24.9 Å². The van der Waals surface area contributed by atoms with Crippen molar-refractivity contribution in [1.82, 2.24) is 9.80 Å². The van der Waals surface area contributed by atoms with Gasteiger partial charge < -0.3 is 4.90 Å². The molecule has 1 heterocycles. The average Bonchev–Trinajstić information content (AvgIpc) is 3.02. The van der Waals surface area contributed by atoms with Crippen LogP contribution in [0.5, 0.6) is 0 Å². The zero-order chi connectivity index (χ0) is 24.3. The van der Waals surface area contributed by atoms with Crippen molar-refractivity contribution in [3.05, 3.63) is 38.4 Å². The van der Waals surface area contributed by atoms with Crippen molar-refractivity contribution >= 4 is 40.5 Å². The Labute approximate surface area is 188 Å². The highest BCUT2D eigenvalue weighted by molar-refractivity contribution is 6.09. The first-order valence-corrected chi connectivity index (χ1v) is 10.5. The molecular weight excluding hydrogens is 436 g/mol. The first-order chi connectivity index (χ1) is 15.7. The van der Waals surface area contributed by atoms with Crippen LogP contribution in [-0.2, 0) is 14.4 Å². The van der Waals surface area contributed by atoms with E-state index in [1.807, 2.05) is 13.8 Å². The smallest absolute Gasteiger partial charge is 0.301 e. The van der Waals surface area contributed by atoms with Gasteiger partial charge in [-0.25, -0.2) is 0 Å². The lowest BCUT2D eigenvalue weighted by molar-refractivity contribution is -0.393. The minimum absolute atomic E-state index is 0.0273. The van der Waals surface area contributed by atoms with Crippen LogP contribution in [0.2, 0.25) is 0 Å². The van der Waals surface area contributed by atoms with E-state index in [2.05, 4.69) is 10.5 Å². The zero-order valence-electron chi connectivity index (χ0n) is 18.2. The predicted octanol–water partition coefficient (Wildman–Crippen LogP) is 1.92. The number of carbonyl (C=O) groups is 3. The van der Waals surface area contributed by atoms with Crippen molar-refractivity contribution in [2.75, 3.05) is 25.1 Å². The van der Waals surface area contributed by atoms with E-state index in [1.54, 1.807) is 4.90 Å². The van der Waals surface area contributed by atoms with Crippen LogP contribution in [-0.4, -0.2) is 62.7 Å². The van der Waals surface area contributed by atoms with Gasteiger partial charge in [-0.3, -0.25) is 44.9 Å². The summed E-state index contributed by atoms with van der Waals surface area (Å²) in [6, 6.07) is 3.15. The number of likely N-dealkylation sites (tertiary alicyclic amines) is 1. The third-order valence-electron chi connectivity index (χ3n) is 5.98. The van der Waals surface area contributed by atoms with Gasteiger partial charge in [-0.15, -0.1) is 0 Å². The second-order valence-corrected chi connectivity index (χ2v) is 7.79. The van der Waals surface area contributed by atoms with Crippen LogP contribution in [0.1, 0.15) is 33.1 Å². The molecule has 2 atom stereocenters. The van der Waals surface area contributed by atoms with Gasteiger partial charge in [0.2, 0.25) is 17.7 Å². The summed E-state index contributed by atoms with van der Waals surface area (Å²) in [5.74, 6) is -2.22. The number of nitrogens with one attached hydrogen (secondary N) is 1. The van der Waals surface area contributed by atoms with E-state index in [9.17, 15) is 34.6 Å². The lowest BCUT2D eigenvalue weighted by Gasteiger charge is -2.22. The molecule has 2 fully saturated rings. The summed E-state index contributed by atoms with van der Waals surface area (Å²) >= 11 is 0. The fourth-order valence-electron chi connectivity index (χ4n) is 4.17. The monoisotopic (exact) mass is 460 g/mol. The topological polar surface area (TPSA) is 168 Å². The number of hydrogen-bond acceptors (Lipinski definition) is 9. The van der Waals surface area contributed by atoms with E-state index in [0.29, 0.717) is 31.6 Å². The quantitative estimate of drug-likeness (QED) is 0.348. The summed E-state index contributed by atoms with van der Waals surface area (Å²) in [4.78, 5) is 61.2. The fourth-order valence-corrected chi connectivity index (χ4v) is 4.17. The van der Waals surface area contributed by atoms with Gasteiger partial charge in [0.1, 0.15) is 12.2 Å². The van der Waals surface area contributed by atoms with Crippen molar-refractivity contribution in [3.8, 4) is 0 Å². The molecule has 1 saturated carbocycles. The molecule has 1 aliphatic heterocycles. The molecule has 13 nitrogen and oxygen atoms in total. The molecule has 0 spiro atoms. The van der Waals surface area contributed by atoms with E-state index in [4.69, 9.17) is 0 Å². The Morgan fingerprint density at radius 1 is 1.15 bits per heavy atom. The van der Waals surface area contributed by atoms with Gasteiger partial charge in [-0.1, -0.05) is 0 Å². The number of nitro benzene ring substituents is 2. The molecule has 33 heavy (non-hydrogen) atoms.